The van der Waals surface area contributed by atoms with Gasteiger partial charge in [-0.15, -0.1) is 0 Å². The lowest BCUT2D eigenvalue weighted by atomic mass is 10.0. The van der Waals surface area contributed by atoms with Crippen LogP contribution in [0.1, 0.15) is 31.7 Å². The molecule has 1 rings (SSSR count). The lowest BCUT2D eigenvalue weighted by molar-refractivity contribution is -0.137. The fourth-order valence-corrected chi connectivity index (χ4v) is 1.87. The second-order valence-corrected chi connectivity index (χ2v) is 4.98. The van der Waals surface area contributed by atoms with Gasteiger partial charge in [0.25, 0.3) is 0 Å². The topological polar surface area (TPSA) is 66.4 Å². The minimum atomic E-state index is -0.799. The zero-order chi connectivity index (χ0) is 15.0. The summed E-state index contributed by atoms with van der Waals surface area (Å²) >= 11 is 0. The zero-order valence-corrected chi connectivity index (χ0v) is 11.6. The molecule has 2 N–H and O–H groups in total. The number of amides is 1. The number of carbonyl (C=O) groups excluding carboxylic acids is 1. The van der Waals surface area contributed by atoms with Crippen LogP contribution in [-0.2, 0) is 16.0 Å². The van der Waals surface area contributed by atoms with Crippen LogP contribution in [0.15, 0.2) is 24.3 Å². The SMILES string of the molecule is CC(CCNC(=O)Cc1cccc(F)c1)CCC(=O)O. The zero-order valence-electron chi connectivity index (χ0n) is 11.6. The molecule has 0 bridgehead atoms. The Morgan fingerprint density at radius 1 is 1.35 bits per heavy atom. The monoisotopic (exact) mass is 281 g/mol. The highest BCUT2D eigenvalue weighted by Crippen LogP contribution is 2.09. The molecule has 0 radical (unpaired) electrons. The molecule has 0 aliphatic heterocycles. The van der Waals surface area contributed by atoms with Gasteiger partial charge in [0.15, 0.2) is 0 Å². The van der Waals surface area contributed by atoms with Crippen LogP contribution >= 0.6 is 0 Å². The lowest BCUT2D eigenvalue weighted by Crippen LogP contribution is -2.27. The molecular weight excluding hydrogens is 261 g/mol. The third kappa shape index (κ3) is 6.87. The number of carbonyl (C=O) groups is 2. The molecule has 0 aromatic heterocycles. The van der Waals surface area contributed by atoms with Crippen LogP contribution in [0.3, 0.4) is 0 Å². The third-order valence-electron chi connectivity index (χ3n) is 3.06. The fraction of sp³-hybridized carbons (Fsp3) is 0.467. The van der Waals surface area contributed by atoms with Crippen molar-refractivity contribution < 1.29 is 19.1 Å². The van der Waals surface area contributed by atoms with Crippen molar-refractivity contribution in [3.8, 4) is 0 Å². The van der Waals surface area contributed by atoms with Crippen molar-refractivity contribution in [3.63, 3.8) is 0 Å². The first-order valence-electron chi connectivity index (χ1n) is 6.70. The number of carboxylic acid groups (broad SMARTS) is 1. The molecule has 1 unspecified atom stereocenters. The molecule has 110 valence electrons. The third-order valence-corrected chi connectivity index (χ3v) is 3.06. The van der Waals surface area contributed by atoms with Crippen molar-refractivity contribution in [1.29, 1.82) is 0 Å². The Kier molecular flexibility index (Phi) is 6.70. The molecule has 1 atom stereocenters. The van der Waals surface area contributed by atoms with Gasteiger partial charge in [0.2, 0.25) is 5.91 Å². The van der Waals surface area contributed by atoms with Gasteiger partial charge in [0.1, 0.15) is 5.82 Å². The molecule has 0 aliphatic rings. The van der Waals surface area contributed by atoms with Crippen molar-refractivity contribution in [2.24, 2.45) is 5.92 Å². The molecule has 0 saturated carbocycles. The molecule has 1 aromatic rings. The van der Waals surface area contributed by atoms with Crippen molar-refractivity contribution in [3.05, 3.63) is 35.6 Å². The van der Waals surface area contributed by atoms with E-state index in [0.717, 1.165) is 6.42 Å². The molecule has 0 spiro atoms. The van der Waals surface area contributed by atoms with Crippen LogP contribution < -0.4 is 5.32 Å². The van der Waals surface area contributed by atoms with Crippen LogP contribution in [0.2, 0.25) is 0 Å². The van der Waals surface area contributed by atoms with Gasteiger partial charge in [0.05, 0.1) is 6.42 Å². The summed E-state index contributed by atoms with van der Waals surface area (Å²) in [4.78, 5) is 22.1. The van der Waals surface area contributed by atoms with E-state index in [1.807, 2.05) is 6.92 Å². The van der Waals surface area contributed by atoms with E-state index in [1.165, 1.54) is 12.1 Å². The molecule has 4 nitrogen and oxygen atoms in total. The first kappa shape index (κ1) is 16.1. The summed E-state index contributed by atoms with van der Waals surface area (Å²) in [6.45, 7) is 2.47. The Bertz CT molecular complexity index is 462. The van der Waals surface area contributed by atoms with E-state index in [9.17, 15) is 14.0 Å². The van der Waals surface area contributed by atoms with E-state index in [2.05, 4.69) is 5.32 Å². The molecular formula is C15H20FNO3. The minimum absolute atomic E-state index is 0.151. The van der Waals surface area contributed by atoms with Gasteiger partial charge in [-0.1, -0.05) is 19.1 Å². The van der Waals surface area contributed by atoms with E-state index in [1.54, 1.807) is 12.1 Å². The fourth-order valence-electron chi connectivity index (χ4n) is 1.87. The van der Waals surface area contributed by atoms with E-state index >= 15 is 0 Å². The van der Waals surface area contributed by atoms with E-state index in [-0.39, 0.29) is 30.5 Å². The molecule has 1 amide bonds. The van der Waals surface area contributed by atoms with Crippen LogP contribution in [-0.4, -0.2) is 23.5 Å². The average Bonchev–Trinajstić information content (AvgIpc) is 2.36. The Morgan fingerprint density at radius 2 is 2.10 bits per heavy atom. The van der Waals surface area contributed by atoms with Crippen LogP contribution in [0, 0.1) is 11.7 Å². The van der Waals surface area contributed by atoms with Gasteiger partial charge in [-0.2, -0.15) is 0 Å². The number of aliphatic carboxylic acids is 1. The average molecular weight is 281 g/mol. The first-order valence-corrected chi connectivity index (χ1v) is 6.70. The molecule has 0 saturated heterocycles. The van der Waals surface area contributed by atoms with Gasteiger partial charge in [-0.25, -0.2) is 4.39 Å². The highest BCUT2D eigenvalue weighted by atomic mass is 19.1. The predicted molar refractivity (Wildman–Crippen MR) is 73.8 cm³/mol. The van der Waals surface area contributed by atoms with Gasteiger partial charge >= 0.3 is 5.97 Å². The van der Waals surface area contributed by atoms with E-state index in [4.69, 9.17) is 5.11 Å². The number of nitrogens with one attached hydrogen (secondary N) is 1. The maximum Gasteiger partial charge on any atom is 0.303 e. The van der Waals surface area contributed by atoms with Crippen molar-refractivity contribution in [1.82, 2.24) is 5.32 Å². The van der Waals surface area contributed by atoms with Crippen LogP contribution in [0.25, 0.3) is 0 Å². The number of carboxylic acids is 1. The Balaban J connectivity index is 2.21. The number of rotatable bonds is 8. The van der Waals surface area contributed by atoms with Gasteiger partial charge in [-0.3, -0.25) is 9.59 Å². The quantitative estimate of drug-likeness (QED) is 0.768. The molecule has 5 heteroatoms. The van der Waals surface area contributed by atoms with Gasteiger partial charge in [-0.05, 0) is 36.5 Å². The maximum atomic E-state index is 12.9. The lowest BCUT2D eigenvalue weighted by Gasteiger charge is -2.10. The van der Waals surface area contributed by atoms with E-state index < -0.39 is 5.97 Å². The van der Waals surface area contributed by atoms with Gasteiger partial charge < -0.3 is 10.4 Å². The van der Waals surface area contributed by atoms with E-state index in [0.29, 0.717) is 18.5 Å². The number of benzene rings is 1. The largest absolute Gasteiger partial charge is 0.481 e. The Morgan fingerprint density at radius 3 is 2.75 bits per heavy atom. The number of hydrogen-bond donors (Lipinski definition) is 2. The predicted octanol–water partition coefficient (Wildman–Crippen LogP) is 2.38. The van der Waals surface area contributed by atoms with Crippen molar-refractivity contribution in [2.45, 2.75) is 32.6 Å². The summed E-state index contributed by atoms with van der Waals surface area (Å²) in [6.07, 6.45) is 1.65. The second-order valence-electron chi connectivity index (χ2n) is 4.98. The summed E-state index contributed by atoms with van der Waals surface area (Å²) in [5.41, 5.74) is 0.640. The van der Waals surface area contributed by atoms with Crippen LogP contribution in [0.4, 0.5) is 4.39 Å². The normalized spacial score (nSPS) is 11.9. The highest BCUT2D eigenvalue weighted by molar-refractivity contribution is 5.78. The Labute approximate surface area is 118 Å². The summed E-state index contributed by atoms with van der Waals surface area (Å²) < 4.78 is 12.9. The molecule has 1 aromatic carbocycles. The summed E-state index contributed by atoms with van der Waals surface area (Å²) in [5, 5.41) is 11.3. The number of halogens is 1. The maximum absolute atomic E-state index is 12.9. The summed E-state index contributed by atoms with van der Waals surface area (Å²) in [7, 11) is 0. The van der Waals surface area contributed by atoms with Gasteiger partial charge in [0, 0.05) is 13.0 Å². The van der Waals surface area contributed by atoms with Crippen molar-refractivity contribution in [2.75, 3.05) is 6.54 Å². The second kappa shape index (κ2) is 8.30. The molecule has 0 fully saturated rings. The minimum Gasteiger partial charge on any atom is -0.481 e. The number of hydrogen-bond acceptors (Lipinski definition) is 2. The standard InChI is InChI=1S/C15H20FNO3/c1-11(5-6-15(19)20)7-8-17-14(18)10-12-3-2-4-13(16)9-12/h2-4,9,11H,5-8,10H2,1H3,(H,17,18)(H,19,20). The van der Waals surface area contributed by atoms with Crippen LogP contribution in [0.5, 0.6) is 0 Å². The molecule has 0 aliphatic carbocycles. The molecule has 0 heterocycles. The summed E-state index contributed by atoms with van der Waals surface area (Å²) in [6, 6.07) is 5.96. The smallest absolute Gasteiger partial charge is 0.303 e. The Hall–Kier alpha value is -1.91. The summed E-state index contributed by atoms with van der Waals surface area (Å²) in [5.74, 6) is -1.05. The first-order chi connectivity index (χ1) is 9.47. The highest BCUT2D eigenvalue weighted by Gasteiger charge is 2.07. The van der Waals surface area contributed by atoms with Crippen molar-refractivity contribution >= 4 is 11.9 Å². The molecule has 20 heavy (non-hydrogen) atoms.